The Morgan fingerprint density at radius 3 is 2.78 bits per heavy atom. The number of ether oxygens (including phenoxy) is 1. The summed E-state index contributed by atoms with van der Waals surface area (Å²) in [4.78, 5) is 16.2. The number of rotatable bonds is 6. The second-order valence-electron chi connectivity index (χ2n) is 8.74. The number of hydrogen-bond donors (Lipinski definition) is 2. The molecule has 1 amide bonds. The maximum Gasteiger partial charge on any atom is 0.228 e. The number of amides is 1. The Hall–Kier alpha value is -3.44. The molecular formula is C24H25N5O3. The third kappa shape index (κ3) is 4.43. The first-order valence-corrected chi connectivity index (χ1v) is 11.1. The number of fused-ring (bicyclic) bond motifs is 1. The topological polar surface area (TPSA) is 113 Å². The Morgan fingerprint density at radius 1 is 1.22 bits per heavy atom. The van der Waals surface area contributed by atoms with E-state index in [0.29, 0.717) is 29.8 Å². The monoisotopic (exact) mass is 431 g/mol. The van der Waals surface area contributed by atoms with Gasteiger partial charge in [-0.05, 0) is 68.2 Å². The molecule has 0 atom stereocenters. The van der Waals surface area contributed by atoms with Crippen molar-refractivity contribution in [2.75, 3.05) is 11.9 Å². The smallest absolute Gasteiger partial charge is 0.228 e. The fraction of sp³-hybridized carbons (Fsp3) is 0.417. The van der Waals surface area contributed by atoms with E-state index >= 15 is 0 Å². The van der Waals surface area contributed by atoms with E-state index in [1.165, 1.54) is 0 Å². The third-order valence-electron chi connectivity index (χ3n) is 6.25. The predicted molar refractivity (Wildman–Crippen MR) is 118 cm³/mol. The molecule has 0 radical (unpaired) electrons. The van der Waals surface area contributed by atoms with Crippen molar-refractivity contribution in [3.63, 3.8) is 0 Å². The van der Waals surface area contributed by atoms with Gasteiger partial charge in [0, 0.05) is 23.7 Å². The fourth-order valence-corrected chi connectivity index (χ4v) is 4.16. The average molecular weight is 431 g/mol. The largest absolute Gasteiger partial charge is 0.491 e. The SMILES string of the molecule is N#Cc1cc(-c2ccn3nc(NC(=O)C4CC4)cc3c2)c(OC[C@H]2CC[C@H](O)CC2)cn1. The van der Waals surface area contributed by atoms with Crippen molar-refractivity contribution < 1.29 is 14.6 Å². The van der Waals surface area contributed by atoms with Crippen LogP contribution < -0.4 is 10.1 Å². The summed E-state index contributed by atoms with van der Waals surface area (Å²) >= 11 is 0. The van der Waals surface area contributed by atoms with Gasteiger partial charge in [-0.3, -0.25) is 4.79 Å². The zero-order chi connectivity index (χ0) is 22.1. The average Bonchev–Trinajstić information content (AvgIpc) is 3.59. The van der Waals surface area contributed by atoms with E-state index in [1.807, 2.05) is 24.4 Å². The van der Waals surface area contributed by atoms with Crippen LogP contribution in [0.2, 0.25) is 0 Å². The van der Waals surface area contributed by atoms with Crippen molar-refractivity contribution >= 4 is 17.2 Å². The second kappa shape index (κ2) is 8.60. The Balaban J connectivity index is 1.39. The Morgan fingerprint density at radius 2 is 2.03 bits per heavy atom. The van der Waals surface area contributed by atoms with Crippen molar-refractivity contribution in [3.8, 4) is 22.9 Å². The standard InChI is InChI=1S/C24H25N5O3/c25-12-18-10-21(22(13-26-18)32-14-15-1-5-20(30)6-2-15)17-7-8-29-19(9-17)11-23(28-29)27-24(31)16-3-4-16/h7-11,13,15-16,20,30H,1-6,14H2,(H,27,28,31)/t15-,20-. The molecule has 0 aromatic carbocycles. The highest BCUT2D eigenvalue weighted by Crippen LogP contribution is 2.33. The number of pyridine rings is 2. The van der Waals surface area contributed by atoms with Crippen LogP contribution in [-0.2, 0) is 4.79 Å². The van der Waals surface area contributed by atoms with Crippen LogP contribution in [0, 0.1) is 23.2 Å². The minimum absolute atomic E-state index is 0.0207. The normalized spacial score (nSPS) is 20.6. The van der Waals surface area contributed by atoms with Gasteiger partial charge in [-0.2, -0.15) is 10.4 Å². The van der Waals surface area contributed by atoms with E-state index in [-0.39, 0.29) is 17.9 Å². The minimum atomic E-state index is -0.195. The number of aliphatic hydroxyl groups is 1. The molecule has 2 fully saturated rings. The van der Waals surface area contributed by atoms with E-state index < -0.39 is 0 Å². The van der Waals surface area contributed by atoms with Gasteiger partial charge in [-0.25, -0.2) is 9.50 Å². The number of aromatic nitrogens is 3. The van der Waals surface area contributed by atoms with E-state index in [0.717, 1.165) is 55.2 Å². The highest BCUT2D eigenvalue weighted by Gasteiger charge is 2.30. The Kier molecular flexibility index (Phi) is 5.50. The molecule has 0 saturated heterocycles. The summed E-state index contributed by atoms with van der Waals surface area (Å²) in [7, 11) is 0. The molecule has 0 unspecified atom stereocenters. The van der Waals surface area contributed by atoms with Gasteiger partial charge in [0.1, 0.15) is 17.5 Å². The first-order valence-electron chi connectivity index (χ1n) is 11.1. The highest BCUT2D eigenvalue weighted by molar-refractivity contribution is 5.93. The molecular weight excluding hydrogens is 406 g/mol. The number of nitrogens with zero attached hydrogens (tertiary/aromatic N) is 4. The molecule has 3 heterocycles. The lowest BCUT2D eigenvalue weighted by Gasteiger charge is -2.25. The number of carbonyl (C=O) groups excluding carboxylic acids is 1. The summed E-state index contributed by atoms with van der Waals surface area (Å²) < 4.78 is 7.85. The molecule has 0 aliphatic heterocycles. The first kappa shape index (κ1) is 20.5. The Bertz CT molecular complexity index is 1190. The summed E-state index contributed by atoms with van der Waals surface area (Å²) in [5, 5.41) is 26.4. The van der Waals surface area contributed by atoms with E-state index in [9.17, 15) is 15.2 Å². The zero-order valence-electron chi connectivity index (χ0n) is 17.7. The lowest BCUT2D eigenvalue weighted by molar-refractivity contribution is -0.117. The van der Waals surface area contributed by atoms with Crippen molar-refractivity contribution in [1.82, 2.24) is 14.6 Å². The van der Waals surface area contributed by atoms with Gasteiger partial charge in [-0.1, -0.05) is 0 Å². The number of hydrogen-bond acceptors (Lipinski definition) is 6. The molecule has 8 nitrogen and oxygen atoms in total. The summed E-state index contributed by atoms with van der Waals surface area (Å²) in [6.45, 7) is 0.555. The molecule has 8 heteroatoms. The van der Waals surface area contributed by atoms with E-state index in [4.69, 9.17) is 4.74 Å². The molecule has 2 N–H and O–H groups in total. The van der Waals surface area contributed by atoms with Crippen LogP contribution in [0.1, 0.15) is 44.2 Å². The molecule has 2 saturated carbocycles. The zero-order valence-corrected chi connectivity index (χ0v) is 17.7. The summed E-state index contributed by atoms with van der Waals surface area (Å²) in [5.41, 5.74) is 2.82. The lowest BCUT2D eigenvalue weighted by atomic mass is 9.88. The molecule has 5 rings (SSSR count). The second-order valence-corrected chi connectivity index (χ2v) is 8.74. The predicted octanol–water partition coefficient (Wildman–Crippen LogP) is 3.55. The van der Waals surface area contributed by atoms with Crippen LogP contribution in [0.25, 0.3) is 16.6 Å². The van der Waals surface area contributed by atoms with Crippen molar-refractivity contribution in [2.24, 2.45) is 11.8 Å². The summed E-state index contributed by atoms with van der Waals surface area (Å²) in [5.74, 6) is 1.69. The van der Waals surface area contributed by atoms with Gasteiger partial charge in [-0.15, -0.1) is 0 Å². The van der Waals surface area contributed by atoms with Crippen molar-refractivity contribution in [2.45, 2.75) is 44.6 Å². The minimum Gasteiger partial charge on any atom is -0.491 e. The van der Waals surface area contributed by atoms with Gasteiger partial charge >= 0.3 is 0 Å². The van der Waals surface area contributed by atoms with Gasteiger partial charge in [0.05, 0.1) is 24.4 Å². The van der Waals surface area contributed by atoms with Crippen LogP contribution >= 0.6 is 0 Å². The van der Waals surface area contributed by atoms with E-state index in [2.05, 4.69) is 21.5 Å². The molecule has 0 bridgehead atoms. The fourth-order valence-electron chi connectivity index (χ4n) is 4.16. The van der Waals surface area contributed by atoms with E-state index in [1.54, 1.807) is 16.8 Å². The lowest BCUT2D eigenvalue weighted by Crippen LogP contribution is -2.22. The Labute approximate surface area is 185 Å². The number of nitriles is 1. The van der Waals surface area contributed by atoms with Gasteiger partial charge < -0.3 is 15.2 Å². The summed E-state index contributed by atoms with van der Waals surface area (Å²) in [6.07, 6.45) is 8.62. The maximum atomic E-state index is 12.0. The molecule has 2 aliphatic rings. The summed E-state index contributed by atoms with van der Waals surface area (Å²) in [6, 6.07) is 9.53. The van der Waals surface area contributed by atoms with Crippen molar-refractivity contribution in [1.29, 1.82) is 5.26 Å². The number of carbonyl (C=O) groups is 1. The number of anilines is 1. The molecule has 32 heavy (non-hydrogen) atoms. The number of aliphatic hydroxyl groups excluding tert-OH is 1. The molecule has 0 spiro atoms. The quantitative estimate of drug-likeness (QED) is 0.617. The third-order valence-corrected chi connectivity index (χ3v) is 6.25. The molecule has 2 aliphatic carbocycles. The van der Waals surface area contributed by atoms with Crippen LogP contribution in [-0.4, -0.2) is 38.3 Å². The van der Waals surface area contributed by atoms with Crippen LogP contribution in [0.4, 0.5) is 5.82 Å². The molecule has 3 aromatic heterocycles. The van der Waals surface area contributed by atoms with Crippen LogP contribution in [0.5, 0.6) is 5.75 Å². The van der Waals surface area contributed by atoms with Gasteiger partial charge in [0.15, 0.2) is 5.82 Å². The van der Waals surface area contributed by atoms with Crippen LogP contribution in [0.15, 0.2) is 36.7 Å². The van der Waals surface area contributed by atoms with Gasteiger partial charge in [0.2, 0.25) is 5.91 Å². The van der Waals surface area contributed by atoms with Gasteiger partial charge in [0.25, 0.3) is 0 Å². The number of nitrogens with one attached hydrogen (secondary N) is 1. The maximum absolute atomic E-state index is 12.0. The highest BCUT2D eigenvalue weighted by atomic mass is 16.5. The molecule has 164 valence electrons. The first-order chi connectivity index (χ1) is 15.6. The van der Waals surface area contributed by atoms with Crippen molar-refractivity contribution in [3.05, 3.63) is 42.4 Å². The van der Waals surface area contributed by atoms with Crippen LogP contribution in [0.3, 0.4) is 0 Å². The molecule has 3 aromatic rings.